The van der Waals surface area contributed by atoms with Crippen molar-refractivity contribution in [2.24, 2.45) is 5.10 Å². The van der Waals surface area contributed by atoms with E-state index in [1.54, 1.807) is 30.3 Å². The molecule has 0 aromatic heterocycles. The van der Waals surface area contributed by atoms with E-state index in [1.807, 2.05) is 0 Å². The van der Waals surface area contributed by atoms with Gasteiger partial charge in [0.05, 0.1) is 11.1 Å². The van der Waals surface area contributed by atoms with Crippen molar-refractivity contribution >= 4 is 29.4 Å². The Balaban J connectivity index is 1.87. The second-order valence-corrected chi connectivity index (χ2v) is 4.80. The van der Waals surface area contributed by atoms with Crippen LogP contribution in [-0.4, -0.2) is 23.7 Å². The molecule has 1 N–H and O–H groups in total. The van der Waals surface area contributed by atoms with Crippen molar-refractivity contribution in [2.75, 3.05) is 6.61 Å². The molecule has 0 aliphatic rings. The van der Waals surface area contributed by atoms with Crippen LogP contribution in [0.3, 0.4) is 0 Å². The Bertz CT molecular complexity index is 749. The van der Waals surface area contributed by atoms with Crippen LogP contribution in [0.5, 0.6) is 5.75 Å². The van der Waals surface area contributed by atoms with Crippen molar-refractivity contribution in [2.45, 2.75) is 0 Å². The first-order chi connectivity index (χ1) is 11.1. The monoisotopic (exact) mass is 333 g/mol. The fraction of sp³-hybridized carbons (Fsp3) is 0.0667. The lowest BCUT2D eigenvalue weighted by Crippen LogP contribution is -2.24. The number of halogens is 1. The smallest absolute Gasteiger partial charge is 0.310 e. The van der Waals surface area contributed by atoms with E-state index < -0.39 is 17.4 Å². The molecule has 118 valence electrons. The zero-order chi connectivity index (χ0) is 16.7. The molecule has 8 heteroatoms. The van der Waals surface area contributed by atoms with E-state index in [1.165, 1.54) is 24.4 Å². The molecule has 0 atom stereocenters. The number of benzene rings is 2. The maximum atomic E-state index is 11.6. The molecule has 0 radical (unpaired) electrons. The van der Waals surface area contributed by atoms with Gasteiger partial charge < -0.3 is 4.74 Å². The van der Waals surface area contributed by atoms with E-state index in [2.05, 4.69) is 10.5 Å². The molecule has 23 heavy (non-hydrogen) atoms. The largest absolute Gasteiger partial charge is 0.477 e. The highest BCUT2D eigenvalue weighted by Crippen LogP contribution is 2.25. The molecule has 0 aliphatic carbocycles. The lowest BCUT2D eigenvalue weighted by Gasteiger charge is -2.05. The highest BCUT2D eigenvalue weighted by atomic mass is 35.5. The number of hydrazone groups is 1. The normalized spacial score (nSPS) is 10.5. The van der Waals surface area contributed by atoms with Crippen molar-refractivity contribution in [1.82, 2.24) is 5.43 Å². The topological polar surface area (TPSA) is 93.8 Å². The van der Waals surface area contributed by atoms with Crippen LogP contribution in [0.4, 0.5) is 5.69 Å². The van der Waals surface area contributed by atoms with Crippen LogP contribution in [0, 0.1) is 10.1 Å². The molecule has 2 rings (SSSR count). The molecule has 0 heterocycles. The Morgan fingerprint density at radius 3 is 2.83 bits per heavy atom. The zero-order valence-electron chi connectivity index (χ0n) is 11.8. The molecule has 0 fully saturated rings. The van der Waals surface area contributed by atoms with Crippen molar-refractivity contribution in [3.05, 3.63) is 69.2 Å². The first kappa shape index (κ1) is 16.4. The second-order valence-electron chi connectivity index (χ2n) is 4.36. The summed E-state index contributed by atoms with van der Waals surface area (Å²) in [7, 11) is 0. The molecule has 0 unspecified atom stereocenters. The van der Waals surface area contributed by atoms with Gasteiger partial charge in [-0.3, -0.25) is 14.9 Å². The lowest BCUT2D eigenvalue weighted by molar-refractivity contribution is -0.385. The van der Waals surface area contributed by atoms with E-state index in [4.69, 9.17) is 16.3 Å². The van der Waals surface area contributed by atoms with Gasteiger partial charge in [-0.25, -0.2) is 5.43 Å². The molecule has 0 spiro atoms. The molecular weight excluding hydrogens is 322 g/mol. The molecule has 0 saturated heterocycles. The summed E-state index contributed by atoms with van der Waals surface area (Å²) in [6.07, 6.45) is 1.43. The van der Waals surface area contributed by atoms with Crippen molar-refractivity contribution in [1.29, 1.82) is 0 Å². The molecule has 2 aromatic rings. The van der Waals surface area contributed by atoms with Crippen LogP contribution in [0.25, 0.3) is 0 Å². The van der Waals surface area contributed by atoms with E-state index in [0.717, 1.165) is 5.56 Å². The third-order valence-electron chi connectivity index (χ3n) is 2.67. The fourth-order valence-electron chi connectivity index (χ4n) is 1.67. The summed E-state index contributed by atoms with van der Waals surface area (Å²) in [4.78, 5) is 21.8. The molecule has 0 saturated carbocycles. The third kappa shape index (κ3) is 5.08. The molecular formula is C15H12ClN3O4. The molecule has 0 bridgehead atoms. The second kappa shape index (κ2) is 7.90. The van der Waals surface area contributed by atoms with E-state index in [0.29, 0.717) is 5.02 Å². The van der Waals surface area contributed by atoms with Crippen LogP contribution >= 0.6 is 11.6 Å². The number of para-hydroxylation sites is 2. The first-order valence-electron chi connectivity index (χ1n) is 6.50. The summed E-state index contributed by atoms with van der Waals surface area (Å²) >= 11 is 5.82. The number of hydrogen-bond donors (Lipinski definition) is 1. The number of hydrogen-bond acceptors (Lipinski definition) is 5. The maximum Gasteiger partial charge on any atom is 0.310 e. The number of ether oxygens (including phenoxy) is 1. The van der Waals surface area contributed by atoms with Crippen LogP contribution in [0.15, 0.2) is 53.6 Å². The summed E-state index contributed by atoms with van der Waals surface area (Å²) in [5.41, 5.74) is 2.78. The van der Waals surface area contributed by atoms with E-state index in [9.17, 15) is 14.9 Å². The van der Waals surface area contributed by atoms with E-state index >= 15 is 0 Å². The van der Waals surface area contributed by atoms with Gasteiger partial charge in [-0.1, -0.05) is 35.9 Å². The number of carbonyl (C=O) groups excluding carboxylic acids is 1. The summed E-state index contributed by atoms with van der Waals surface area (Å²) in [6, 6.07) is 12.7. The number of amides is 1. The van der Waals surface area contributed by atoms with Crippen LogP contribution in [0.1, 0.15) is 5.56 Å². The first-order valence-corrected chi connectivity index (χ1v) is 6.88. The summed E-state index contributed by atoms with van der Waals surface area (Å²) in [5, 5.41) is 15.1. The Labute approximate surface area is 136 Å². The quantitative estimate of drug-likeness (QED) is 0.499. The SMILES string of the molecule is O=C(COc1ccccc1[N+](=O)[O-])N/N=C/c1cccc(Cl)c1. The van der Waals surface area contributed by atoms with Crippen molar-refractivity contribution in [3.8, 4) is 5.75 Å². The lowest BCUT2D eigenvalue weighted by atomic mass is 10.2. The molecule has 2 aromatic carbocycles. The third-order valence-corrected chi connectivity index (χ3v) is 2.91. The van der Waals surface area contributed by atoms with Gasteiger partial charge in [0.25, 0.3) is 5.91 Å². The molecule has 0 aliphatic heterocycles. The highest BCUT2D eigenvalue weighted by Gasteiger charge is 2.14. The zero-order valence-corrected chi connectivity index (χ0v) is 12.6. The Hall–Kier alpha value is -2.93. The predicted molar refractivity (Wildman–Crippen MR) is 85.8 cm³/mol. The Kier molecular flexibility index (Phi) is 5.65. The van der Waals surface area contributed by atoms with Gasteiger partial charge >= 0.3 is 5.69 Å². The average molecular weight is 334 g/mol. The molecule has 7 nitrogen and oxygen atoms in total. The van der Waals surface area contributed by atoms with Crippen LogP contribution in [-0.2, 0) is 4.79 Å². The minimum atomic E-state index is -0.579. The van der Waals surface area contributed by atoms with Crippen molar-refractivity contribution < 1.29 is 14.5 Å². The summed E-state index contributed by atoms with van der Waals surface area (Å²) in [5.74, 6) is -0.520. The number of nitro benzene ring substituents is 1. The minimum absolute atomic E-state index is 0.0199. The summed E-state index contributed by atoms with van der Waals surface area (Å²) < 4.78 is 5.13. The Morgan fingerprint density at radius 1 is 1.30 bits per heavy atom. The van der Waals surface area contributed by atoms with Crippen molar-refractivity contribution in [3.63, 3.8) is 0 Å². The molecule has 1 amide bonds. The predicted octanol–water partition coefficient (Wildman–Crippen LogP) is 2.78. The van der Waals surface area contributed by atoms with Gasteiger partial charge in [0.1, 0.15) is 0 Å². The number of nitro groups is 1. The standard InChI is InChI=1S/C15H12ClN3O4/c16-12-5-3-4-11(8-12)9-17-18-15(20)10-23-14-7-2-1-6-13(14)19(21)22/h1-9H,10H2,(H,18,20)/b17-9+. The number of carbonyl (C=O) groups is 1. The van der Waals surface area contributed by atoms with Crippen LogP contribution in [0.2, 0.25) is 5.02 Å². The van der Waals surface area contributed by atoms with Gasteiger partial charge in [0, 0.05) is 11.1 Å². The van der Waals surface area contributed by atoms with E-state index in [-0.39, 0.29) is 11.4 Å². The fourth-order valence-corrected chi connectivity index (χ4v) is 1.87. The van der Waals surface area contributed by atoms with Gasteiger partial charge in [0.15, 0.2) is 12.4 Å². The van der Waals surface area contributed by atoms with Gasteiger partial charge in [-0.15, -0.1) is 0 Å². The Morgan fingerprint density at radius 2 is 2.09 bits per heavy atom. The van der Waals surface area contributed by atoms with Crippen LogP contribution < -0.4 is 10.2 Å². The average Bonchev–Trinajstić information content (AvgIpc) is 2.53. The minimum Gasteiger partial charge on any atom is -0.477 e. The number of rotatable bonds is 6. The number of nitrogens with zero attached hydrogens (tertiary/aromatic N) is 2. The highest BCUT2D eigenvalue weighted by molar-refractivity contribution is 6.30. The maximum absolute atomic E-state index is 11.6. The van der Waals surface area contributed by atoms with Gasteiger partial charge in [-0.2, -0.15) is 5.10 Å². The van der Waals surface area contributed by atoms with Gasteiger partial charge in [-0.05, 0) is 23.8 Å². The number of nitrogens with one attached hydrogen (secondary N) is 1. The van der Waals surface area contributed by atoms with Gasteiger partial charge in [0.2, 0.25) is 0 Å². The summed E-state index contributed by atoms with van der Waals surface area (Å²) in [6.45, 7) is -0.391.